The van der Waals surface area contributed by atoms with Gasteiger partial charge in [0.05, 0.1) is 13.5 Å². The maximum Gasteiger partial charge on any atom is 0.244 e. The van der Waals surface area contributed by atoms with Crippen LogP contribution < -0.4 is 10.2 Å². The molecule has 1 aromatic carbocycles. The predicted octanol–water partition coefficient (Wildman–Crippen LogP) is 2.92. The Kier molecular flexibility index (Phi) is 5.16. The lowest BCUT2D eigenvalue weighted by Crippen LogP contribution is -2.22. The molecular formula is C16H22N2O2. The zero-order valence-electron chi connectivity index (χ0n) is 12.2. The van der Waals surface area contributed by atoms with Gasteiger partial charge in [0.25, 0.3) is 0 Å². The number of hydrogen-bond donors (Lipinski definition) is 1. The Labute approximate surface area is 120 Å². The molecule has 1 fully saturated rings. The summed E-state index contributed by atoms with van der Waals surface area (Å²) < 4.78 is 5.09. The van der Waals surface area contributed by atoms with Crippen LogP contribution in [0.3, 0.4) is 0 Å². The second kappa shape index (κ2) is 7.08. The van der Waals surface area contributed by atoms with Crippen molar-refractivity contribution in [1.82, 2.24) is 5.43 Å². The van der Waals surface area contributed by atoms with Gasteiger partial charge < -0.3 is 4.74 Å². The van der Waals surface area contributed by atoms with Gasteiger partial charge in [-0.2, -0.15) is 5.10 Å². The minimum absolute atomic E-state index is 0.0654. The number of carbonyl (C=O) groups is 1. The van der Waals surface area contributed by atoms with Gasteiger partial charge in [-0.05, 0) is 49.3 Å². The summed E-state index contributed by atoms with van der Waals surface area (Å²) in [5.74, 6) is 1.28. The number of nitrogens with zero attached hydrogens (tertiary/aromatic N) is 1. The number of hydrogen-bond acceptors (Lipinski definition) is 3. The van der Waals surface area contributed by atoms with Gasteiger partial charge in [0, 0.05) is 5.71 Å². The fourth-order valence-electron chi connectivity index (χ4n) is 2.59. The molecular weight excluding hydrogens is 252 g/mol. The van der Waals surface area contributed by atoms with E-state index in [1.54, 1.807) is 7.11 Å². The standard InChI is InChI=1S/C16H22N2O2/c1-3-13-5-4-6-15(13)17-18-16(19)11-12-7-9-14(20-2)10-8-12/h7-10,13H,3-6,11H2,1-2H3,(H,18,19). The first-order chi connectivity index (χ1) is 9.72. The van der Waals surface area contributed by atoms with E-state index in [-0.39, 0.29) is 5.91 Å². The van der Waals surface area contributed by atoms with Crippen molar-refractivity contribution in [2.24, 2.45) is 11.0 Å². The van der Waals surface area contributed by atoms with E-state index in [1.807, 2.05) is 24.3 Å². The Morgan fingerprint density at radius 1 is 1.40 bits per heavy atom. The Hall–Kier alpha value is -1.84. The summed E-state index contributed by atoms with van der Waals surface area (Å²) >= 11 is 0. The fraction of sp³-hybridized carbons (Fsp3) is 0.500. The van der Waals surface area contributed by atoms with E-state index in [1.165, 1.54) is 12.8 Å². The Balaban J connectivity index is 1.87. The van der Waals surface area contributed by atoms with E-state index in [0.29, 0.717) is 12.3 Å². The second-order valence-electron chi connectivity index (χ2n) is 5.16. The Morgan fingerprint density at radius 3 is 2.80 bits per heavy atom. The summed E-state index contributed by atoms with van der Waals surface area (Å²) in [5.41, 5.74) is 4.79. The van der Waals surface area contributed by atoms with Crippen LogP contribution in [-0.2, 0) is 11.2 Å². The molecule has 0 aliphatic heterocycles. The summed E-state index contributed by atoms with van der Waals surface area (Å²) in [6.07, 6.45) is 4.85. The first kappa shape index (κ1) is 14.6. The van der Waals surface area contributed by atoms with Crippen LogP contribution in [0, 0.1) is 5.92 Å². The molecule has 0 bridgehead atoms. The average Bonchev–Trinajstić information content (AvgIpc) is 2.93. The lowest BCUT2D eigenvalue weighted by molar-refractivity contribution is -0.120. The minimum Gasteiger partial charge on any atom is -0.497 e. The van der Waals surface area contributed by atoms with Gasteiger partial charge in [0.2, 0.25) is 5.91 Å². The van der Waals surface area contributed by atoms with Crippen molar-refractivity contribution in [2.45, 2.75) is 39.0 Å². The number of rotatable bonds is 5. The Bertz CT molecular complexity index is 480. The van der Waals surface area contributed by atoms with Crippen molar-refractivity contribution < 1.29 is 9.53 Å². The zero-order valence-corrected chi connectivity index (χ0v) is 12.2. The largest absolute Gasteiger partial charge is 0.497 e. The molecule has 108 valence electrons. The minimum atomic E-state index is -0.0654. The molecule has 0 saturated heterocycles. The van der Waals surface area contributed by atoms with Crippen LogP contribution in [0.5, 0.6) is 5.75 Å². The first-order valence-corrected chi connectivity index (χ1v) is 7.21. The van der Waals surface area contributed by atoms with Gasteiger partial charge in [0.15, 0.2) is 0 Å². The number of hydrazone groups is 1. The number of carbonyl (C=O) groups excluding carboxylic acids is 1. The predicted molar refractivity (Wildman–Crippen MR) is 79.9 cm³/mol. The van der Waals surface area contributed by atoms with Gasteiger partial charge in [0.1, 0.15) is 5.75 Å². The van der Waals surface area contributed by atoms with Crippen molar-refractivity contribution in [1.29, 1.82) is 0 Å². The monoisotopic (exact) mass is 274 g/mol. The number of amides is 1. The van der Waals surface area contributed by atoms with E-state index in [2.05, 4.69) is 17.5 Å². The quantitative estimate of drug-likeness (QED) is 0.839. The van der Waals surface area contributed by atoms with E-state index in [0.717, 1.165) is 29.9 Å². The van der Waals surface area contributed by atoms with Crippen LogP contribution in [0.25, 0.3) is 0 Å². The molecule has 0 radical (unpaired) electrons. The average molecular weight is 274 g/mol. The highest BCUT2D eigenvalue weighted by molar-refractivity contribution is 5.90. The molecule has 1 amide bonds. The molecule has 1 saturated carbocycles. The SMILES string of the molecule is CCC1CCCC1=NNC(=O)Cc1ccc(OC)cc1. The first-order valence-electron chi connectivity index (χ1n) is 7.21. The highest BCUT2D eigenvalue weighted by Gasteiger charge is 2.20. The summed E-state index contributed by atoms with van der Waals surface area (Å²) in [4.78, 5) is 11.9. The molecule has 2 rings (SSSR count). The second-order valence-corrected chi connectivity index (χ2v) is 5.16. The van der Waals surface area contributed by atoms with E-state index in [9.17, 15) is 4.79 Å². The summed E-state index contributed by atoms with van der Waals surface area (Å²) in [6.45, 7) is 2.17. The van der Waals surface area contributed by atoms with Gasteiger partial charge in [-0.3, -0.25) is 4.79 Å². The van der Waals surface area contributed by atoms with Gasteiger partial charge in [-0.25, -0.2) is 5.43 Å². The fourth-order valence-corrected chi connectivity index (χ4v) is 2.59. The molecule has 1 unspecified atom stereocenters. The molecule has 0 aromatic heterocycles. The molecule has 1 aromatic rings. The topological polar surface area (TPSA) is 50.7 Å². The molecule has 1 N–H and O–H groups in total. The van der Waals surface area contributed by atoms with Crippen molar-refractivity contribution in [3.05, 3.63) is 29.8 Å². The van der Waals surface area contributed by atoms with Crippen LogP contribution in [-0.4, -0.2) is 18.7 Å². The highest BCUT2D eigenvalue weighted by atomic mass is 16.5. The molecule has 0 spiro atoms. The number of nitrogens with one attached hydrogen (secondary N) is 1. The zero-order chi connectivity index (χ0) is 14.4. The van der Waals surface area contributed by atoms with Crippen molar-refractivity contribution >= 4 is 11.6 Å². The summed E-state index contributed by atoms with van der Waals surface area (Å²) in [6, 6.07) is 7.52. The molecule has 1 aliphatic carbocycles. The highest BCUT2D eigenvalue weighted by Crippen LogP contribution is 2.24. The van der Waals surface area contributed by atoms with E-state index >= 15 is 0 Å². The van der Waals surface area contributed by atoms with Crippen LogP contribution in [0.1, 0.15) is 38.2 Å². The van der Waals surface area contributed by atoms with Crippen LogP contribution >= 0.6 is 0 Å². The molecule has 1 aliphatic rings. The van der Waals surface area contributed by atoms with Crippen molar-refractivity contribution in [3.63, 3.8) is 0 Å². The van der Waals surface area contributed by atoms with Crippen LogP contribution in [0.2, 0.25) is 0 Å². The van der Waals surface area contributed by atoms with Crippen molar-refractivity contribution in [2.75, 3.05) is 7.11 Å². The molecule has 0 heterocycles. The molecule has 20 heavy (non-hydrogen) atoms. The third kappa shape index (κ3) is 3.83. The molecule has 1 atom stereocenters. The van der Waals surface area contributed by atoms with E-state index in [4.69, 9.17) is 4.74 Å². The Morgan fingerprint density at radius 2 is 2.15 bits per heavy atom. The number of benzene rings is 1. The number of ether oxygens (including phenoxy) is 1. The molecule has 4 heteroatoms. The van der Waals surface area contributed by atoms with Crippen molar-refractivity contribution in [3.8, 4) is 5.75 Å². The third-order valence-electron chi connectivity index (χ3n) is 3.80. The normalized spacial score (nSPS) is 20.1. The van der Waals surface area contributed by atoms with Crippen LogP contribution in [0.15, 0.2) is 29.4 Å². The van der Waals surface area contributed by atoms with E-state index < -0.39 is 0 Å². The number of methoxy groups -OCH3 is 1. The summed E-state index contributed by atoms with van der Waals surface area (Å²) in [7, 11) is 1.63. The van der Waals surface area contributed by atoms with Crippen LogP contribution in [0.4, 0.5) is 0 Å². The maximum atomic E-state index is 11.9. The van der Waals surface area contributed by atoms with Gasteiger partial charge in [-0.1, -0.05) is 19.1 Å². The van der Waals surface area contributed by atoms with Gasteiger partial charge >= 0.3 is 0 Å². The maximum absolute atomic E-state index is 11.9. The lowest BCUT2D eigenvalue weighted by Gasteiger charge is -2.08. The lowest BCUT2D eigenvalue weighted by atomic mass is 10.0. The molecule has 4 nitrogen and oxygen atoms in total. The third-order valence-corrected chi connectivity index (χ3v) is 3.80. The smallest absolute Gasteiger partial charge is 0.244 e. The summed E-state index contributed by atoms with van der Waals surface area (Å²) in [5, 5.41) is 4.30. The van der Waals surface area contributed by atoms with Gasteiger partial charge in [-0.15, -0.1) is 0 Å².